The number of aliphatic carboxylic acids is 1. The van der Waals surface area contributed by atoms with E-state index in [4.69, 9.17) is 0 Å². The highest BCUT2D eigenvalue weighted by Gasteiger charge is 2.40. The van der Waals surface area contributed by atoms with Gasteiger partial charge in [-0.1, -0.05) is 168 Å². The topological polar surface area (TPSA) is 116 Å². The Labute approximate surface area is 388 Å². The molecule has 1 saturated heterocycles. The monoisotopic (exact) mass is 906 g/mol. The van der Waals surface area contributed by atoms with Gasteiger partial charge in [0.1, 0.15) is 6.10 Å². The van der Waals surface area contributed by atoms with Crippen LogP contribution in [0, 0.1) is 0 Å². The smallest absolute Gasteiger partial charge is 0.124 e. The largest absolute Gasteiger partial charge is 0.811 e. The molecule has 1 fully saturated rings. The van der Waals surface area contributed by atoms with E-state index in [-0.39, 0.29) is 0 Å². The van der Waals surface area contributed by atoms with Crippen molar-refractivity contribution in [3.05, 3.63) is 0 Å². The molecule has 0 aliphatic carbocycles. The number of quaternary nitrogens is 3. The standard InChI is InChI=1S/3C16H36N.C4H7O6P/c3*1-5-9-13-17(14-10-6-2,15-11-7-3)16-12-8-4;5-4(6)3-2(10-3)1-11(7,8)9/h3*5-16H2,1-4H3;2-3H,1H2,(H,5,6)(H2,7,8,9)/q3*+1;/p-3/t;;;2-,3+/m...0/s1. The average molecular weight is 906 g/mol. The minimum absolute atomic E-state index is 0.772. The van der Waals surface area contributed by atoms with Crippen LogP contribution in [-0.4, -0.2) is 116 Å². The van der Waals surface area contributed by atoms with Gasteiger partial charge in [-0.25, -0.2) is 0 Å². The lowest BCUT2D eigenvalue weighted by Crippen LogP contribution is -2.50. The number of carboxylic acid groups (broad SMARTS) is 1. The van der Waals surface area contributed by atoms with Gasteiger partial charge in [-0.3, -0.25) is 0 Å². The predicted octanol–water partition coefficient (Wildman–Crippen LogP) is 11.4. The first-order chi connectivity index (χ1) is 29.6. The fraction of sp³-hybridized carbons (Fsp3) is 0.981. The number of ether oxygens (including phenoxy) is 1. The molecule has 0 amide bonds. The second-order valence-electron chi connectivity index (χ2n) is 19.2. The number of carbonyl (C=O) groups is 1. The third-order valence-electron chi connectivity index (χ3n) is 13.1. The molecule has 0 aromatic carbocycles. The normalized spacial score (nSPS) is 15.2. The maximum atomic E-state index is 10.0. The lowest BCUT2D eigenvalue weighted by atomic mass is 10.1. The number of hydrogen-bond acceptors (Lipinski definition) is 6. The third-order valence-corrected chi connectivity index (χ3v) is 13.9. The molecule has 1 rings (SSSR count). The average Bonchev–Trinajstić information content (AvgIpc) is 4.03. The van der Waals surface area contributed by atoms with Crippen molar-refractivity contribution >= 4 is 13.6 Å². The number of unbranched alkanes of at least 4 members (excludes halogenated alkanes) is 12. The summed E-state index contributed by atoms with van der Waals surface area (Å²) < 4.78 is 18.6. The van der Waals surface area contributed by atoms with Crippen LogP contribution in [-0.2, 0) is 14.1 Å². The van der Waals surface area contributed by atoms with Gasteiger partial charge in [0.25, 0.3) is 0 Å². The number of nitrogens with zero attached hydrogens (tertiary/aromatic N) is 3. The van der Waals surface area contributed by atoms with Gasteiger partial charge in [-0.2, -0.15) is 0 Å². The van der Waals surface area contributed by atoms with Crippen LogP contribution in [0.2, 0.25) is 0 Å². The number of carboxylic acids is 1. The Bertz CT molecular complexity index is 813. The van der Waals surface area contributed by atoms with Gasteiger partial charge in [-0.05, 0) is 77.0 Å². The Morgan fingerprint density at radius 1 is 0.387 bits per heavy atom. The number of hydrogen-bond donors (Lipinski definition) is 0. The summed E-state index contributed by atoms with van der Waals surface area (Å²) in [5, 5.41) is 9.93. The summed E-state index contributed by atoms with van der Waals surface area (Å²) in [5.41, 5.74) is 0. The SMILES string of the molecule is CCCC[N+](CCCC)(CCCC)CCCC.CCCC[N+](CCCC)(CCCC)CCCC.CCCC[N+](CCCC)(CCCC)CCCC.O=C([O-])[C@@H]1O[C@H]1CP(=O)([O-])[O-]. The maximum Gasteiger partial charge on any atom is 0.124 e. The first-order valence-electron chi connectivity index (χ1n) is 27.1. The molecule has 0 unspecified atom stereocenters. The Balaban J connectivity index is -0.000000757. The maximum absolute atomic E-state index is 10.0. The molecule has 376 valence electrons. The molecule has 0 bridgehead atoms. The summed E-state index contributed by atoms with van der Waals surface area (Å²) in [7, 11) is -4.65. The van der Waals surface area contributed by atoms with Crippen molar-refractivity contribution in [3.8, 4) is 0 Å². The fourth-order valence-electron chi connectivity index (χ4n) is 8.64. The molecule has 0 radical (unpaired) electrons. The molecule has 1 heterocycles. The molecule has 9 nitrogen and oxygen atoms in total. The van der Waals surface area contributed by atoms with E-state index in [0.29, 0.717) is 0 Å². The quantitative estimate of drug-likeness (QED) is 0.0345. The zero-order valence-electron chi connectivity index (χ0n) is 44.1. The molecule has 10 heteroatoms. The van der Waals surface area contributed by atoms with Gasteiger partial charge >= 0.3 is 0 Å². The Kier molecular flexibility index (Phi) is 45.7. The van der Waals surface area contributed by atoms with Crippen LogP contribution in [0.4, 0.5) is 0 Å². The summed E-state index contributed by atoms with van der Waals surface area (Å²) in [6.07, 6.45) is 30.2. The number of rotatable bonds is 39. The molecule has 2 atom stereocenters. The first-order valence-corrected chi connectivity index (χ1v) is 28.8. The molecule has 0 spiro atoms. The van der Waals surface area contributed by atoms with Crippen molar-refractivity contribution in [1.29, 1.82) is 0 Å². The van der Waals surface area contributed by atoms with Gasteiger partial charge in [0.2, 0.25) is 0 Å². The van der Waals surface area contributed by atoms with Crippen LogP contribution in [0.25, 0.3) is 0 Å². The van der Waals surface area contributed by atoms with E-state index in [9.17, 15) is 24.3 Å². The Hall–Kier alpha value is -0.540. The van der Waals surface area contributed by atoms with E-state index in [0.717, 1.165) is 0 Å². The highest BCUT2D eigenvalue weighted by atomic mass is 31.2. The van der Waals surface area contributed by atoms with Crippen LogP contribution < -0.4 is 14.9 Å². The summed E-state index contributed by atoms with van der Waals surface area (Å²) in [6, 6.07) is 0. The van der Waals surface area contributed by atoms with Crippen molar-refractivity contribution in [3.63, 3.8) is 0 Å². The fourth-order valence-corrected chi connectivity index (χ4v) is 9.36. The third kappa shape index (κ3) is 36.7. The summed E-state index contributed by atoms with van der Waals surface area (Å²) in [5.74, 6) is -1.48. The second kappa shape index (κ2) is 43.1. The first kappa shape index (κ1) is 65.7. The van der Waals surface area contributed by atoms with Crippen LogP contribution in [0.1, 0.15) is 237 Å². The summed E-state index contributed by atoms with van der Waals surface area (Å²) in [6.45, 7) is 45.1. The second-order valence-corrected chi connectivity index (χ2v) is 20.7. The van der Waals surface area contributed by atoms with Gasteiger partial charge in [0.15, 0.2) is 0 Å². The predicted molar refractivity (Wildman–Crippen MR) is 264 cm³/mol. The van der Waals surface area contributed by atoms with E-state index >= 15 is 0 Å². The zero-order valence-corrected chi connectivity index (χ0v) is 45.0. The minimum Gasteiger partial charge on any atom is -0.811 e. The van der Waals surface area contributed by atoms with Crippen molar-refractivity contribution in [1.82, 2.24) is 0 Å². The van der Waals surface area contributed by atoms with Gasteiger partial charge in [0.05, 0.1) is 90.6 Å². The van der Waals surface area contributed by atoms with Crippen molar-refractivity contribution < 1.29 is 42.4 Å². The van der Waals surface area contributed by atoms with Crippen LogP contribution >= 0.6 is 7.60 Å². The molecular weight excluding hydrogens is 794 g/mol. The van der Waals surface area contributed by atoms with E-state index in [1.54, 1.807) is 0 Å². The van der Waals surface area contributed by atoms with E-state index in [1.165, 1.54) is 246 Å². The molecule has 0 aromatic rings. The van der Waals surface area contributed by atoms with E-state index in [1.807, 2.05) is 0 Å². The molecule has 0 aromatic heterocycles. The van der Waals surface area contributed by atoms with Crippen molar-refractivity contribution in [2.45, 2.75) is 249 Å². The molecule has 62 heavy (non-hydrogen) atoms. The molecule has 0 N–H and O–H groups in total. The molecule has 1 aliphatic rings. The summed E-state index contributed by atoms with van der Waals surface area (Å²) in [4.78, 5) is 30.0. The summed E-state index contributed by atoms with van der Waals surface area (Å²) >= 11 is 0. The van der Waals surface area contributed by atoms with E-state index in [2.05, 4.69) is 87.8 Å². The Morgan fingerprint density at radius 3 is 0.645 bits per heavy atom. The van der Waals surface area contributed by atoms with Crippen molar-refractivity contribution in [2.75, 3.05) is 84.7 Å². The lowest BCUT2D eigenvalue weighted by Gasteiger charge is -2.39. The van der Waals surface area contributed by atoms with Crippen molar-refractivity contribution in [2.24, 2.45) is 0 Å². The number of carbonyl (C=O) groups excluding carboxylic acids is 1. The Morgan fingerprint density at radius 2 is 0.548 bits per heavy atom. The molecule has 0 saturated carbocycles. The van der Waals surface area contributed by atoms with Gasteiger partial charge < -0.3 is 42.4 Å². The molecule has 1 aliphatic heterocycles. The van der Waals surface area contributed by atoms with Crippen LogP contribution in [0.15, 0.2) is 0 Å². The van der Waals surface area contributed by atoms with Gasteiger partial charge in [0, 0.05) is 6.16 Å². The minimum atomic E-state index is -4.65. The lowest BCUT2D eigenvalue weighted by molar-refractivity contribution is -0.929. The van der Waals surface area contributed by atoms with Crippen LogP contribution in [0.3, 0.4) is 0 Å². The molecular formula is C52H112N3O6P. The zero-order chi connectivity index (χ0) is 47.6. The van der Waals surface area contributed by atoms with Gasteiger partial charge in [-0.15, -0.1) is 0 Å². The number of epoxide rings is 1. The van der Waals surface area contributed by atoms with Crippen LogP contribution in [0.5, 0.6) is 0 Å². The highest BCUT2D eigenvalue weighted by molar-refractivity contribution is 7.48. The highest BCUT2D eigenvalue weighted by Crippen LogP contribution is 2.34. The van der Waals surface area contributed by atoms with E-state index < -0.39 is 31.9 Å².